The molecule has 0 radical (unpaired) electrons. The number of hydrogen-bond donors (Lipinski definition) is 1. The highest BCUT2D eigenvalue weighted by Crippen LogP contribution is 2.42. The summed E-state index contributed by atoms with van der Waals surface area (Å²) in [7, 11) is 0. The monoisotopic (exact) mass is 252 g/mol. The predicted octanol–water partition coefficient (Wildman–Crippen LogP) is 3.41. The van der Waals surface area contributed by atoms with Gasteiger partial charge in [-0.15, -0.1) is 0 Å². The van der Waals surface area contributed by atoms with E-state index in [9.17, 15) is 0 Å². The van der Waals surface area contributed by atoms with Crippen LogP contribution in [0.15, 0.2) is 0 Å². The van der Waals surface area contributed by atoms with Gasteiger partial charge >= 0.3 is 0 Å². The van der Waals surface area contributed by atoms with Crippen LogP contribution in [0.1, 0.15) is 65.7 Å². The Morgan fingerprint density at radius 2 is 1.83 bits per heavy atom. The van der Waals surface area contributed by atoms with E-state index in [1.54, 1.807) is 0 Å². The number of hydrogen-bond acceptors (Lipinski definition) is 2. The molecule has 0 aromatic heterocycles. The van der Waals surface area contributed by atoms with Crippen LogP contribution < -0.4 is 5.73 Å². The molecule has 2 aliphatic rings. The maximum atomic E-state index is 6.22. The van der Waals surface area contributed by atoms with Gasteiger partial charge in [-0.25, -0.2) is 0 Å². The Hall–Kier alpha value is -0.0800. The zero-order valence-electron chi connectivity index (χ0n) is 12.7. The SMILES string of the molecule is CCC1(C)CCN(C2(CN)CCCCC2C)CC1. The summed E-state index contributed by atoms with van der Waals surface area (Å²) in [5.74, 6) is 0.780. The fraction of sp³-hybridized carbons (Fsp3) is 1.00. The van der Waals surface area contributed by atoms with Crippen LogP contribution in [0.3, 0.4) is 0 Å². The van der Waals surface area contributed by atoms with E-state index in [0.717, 1.165) is 12.5 Å². The van der Waals surface area contributed by atoms with Crippen LogP contribution >= 0.6 is 0 Å². The fourth-order valence-electron chi connectivity index (χ4n) is 4.14. The van der Waals surface area contributed by atoms with Gasteiger partial charge in [0.2, 0.25) is 0 Å². The summed E-state index contributed by atoms with van der Waals surface area (Å²) in [4.78, 5) is 2.76. The summed E-state index contributed by atoms with van der Waals surface area (Å²) in [5, 5.41) is 0. The molecule has 106 valence electrons. The summed E-state index contributed by atoms with van der Waals surface area (Å²) < 4.78 is 0. The standard InChI is InChI=1S/C16H32N2/c1-4-15(3)9-11-18(12-10-15)16(13-17)8-6-5-7-14(16)2/h14H,4-13,17H2,1-3H3. The molecule has 1 heterocycles. The van der Waals surface area contributed by atoms with E-state index in [1.165, 1.54) is 58.0 Å². The lowest BCUT2D eigenvalue weighted by atomic mass is 9.70. The van der Waals surface area contributed by atoms with Gasteiger partial charge in [0, 0.05) is 12.1 Å². The first-order valence-corrected chi connectivity index (χ1v) is 8.01. The Morgan fingerprint density at radius 3 is 2.33 bits per heavy atom. The molecule has 0 aromatic carbocycles. The molecule has 1 saturated heterocycles. The molecule has 0 spiro atoms. The number of likely N-dealkylation sites (tertiary alicyclic amines) is 1. The number of rotatable bonds is 3. The lowest BCUT2D eigenvalue weighted by Gasteiger charge is -2.54. The second-order valence-corrected chi connectivity index (χ2v) is 7.11. The molecule has 0 amide bonds. The van der Waals surface area contributed by atoms with Crippen molar-refractivity contribution in [3.8, 4) is 0 Å². The van der Waals surface area contributed by atoms with Crippen molar-refractivity contribution in [2.24, 2.45) is 17.1 Å². The van der Waals surface area contributed by atoms with Crippen LogP contribution in [-0.4, -0.2) is 30.1 Å². The molecule has 1 saturated carbocycles. The van der Waals surface area contributed by atoms with E-state index < -0.39 is 0 Å². The van der Waals surface area contributed by atoms with Gasteiger partial charge in [0.15, 0.2) is 0 Å². The summed E-state index contributed by atoms with van der Waals surface area (Å²) in [5.41, 5.74) is 7.13. The Morgan fingerprint density at radius 1 is 1.17 bits per heavy atom. The molecule has 2 rings (SSSR count). The highest BCUT2D eigenvalue weighted by Gasteiger charge is 2.44. The highest BCUT2D eigenvalue weighted by atomic mass is 15.2. The number of nitrogens with zero attached hydrogens (tertiary/aromatic N) is 1. The lowest BCUT2D eigenvalue weighted by Crippen LogP contribution is -2.61. The number of nitrogens with two attached hydrogens (primary N) is 1. The largest absolute Gasteiger partial charge is 0.329 e. The van der Waals surface area contributed by atoms with E-state index in [4.69, 9.17) is 5.73 Å². The highest BCUT2D eigenvalue weighted by molar-refractivity contribution is 5.00. The molecule has 2 unspecified atom stereocenters. The van der Waals surface area contributed by atoms with Crippen molar-refractivity contribution < 1.29 is 0 Å². The molecular weight excluding hydrogens is 220 g/mol. The van der Waals surface area contributed by atoms with Crippen molar-refractivity contribution in [2.45, 2.75) is 71.3 Å². The molecule has 1 aliphatic carbocycles. The maximum Gasteiger partial charge on any atom is 0.0357 e. The summed E-state index contributed by atoms with van der Waals surface area (Å²) in [6, 6.07) is 0. The Kier molecular flexibility index (Phi) is 4.38. The van der Waals surface area contributed by atoms with Crippen LogP contribution in [0.25, 0.3) is 0 Å². The first-order valence-electron chi connectivity index (χ1n) is 8.01. The first-order chi connectivity index (χ1) is 8.56. The molecule has 18 heavy (non-hydrogen) atoms. The van der Waals surface area contributed by atoms with Gasteiger partial charge in [0.1, 0.15) is 0 Å². The van der Waals surface area contributed by atoms with E-state index in [1.807, 2.05) is 0 Å². The van der Waals surface area contributed by atoms with E-state index in [2.05, 4.69) is 25.7 Å². The van der Waals surface area contributed by atoms with Gasteiger partial charge in [0.25, 0.3) is 0 Å². The molecular formula is C16H32N2. The van der Waals surface area contributed by atoms with Crippen molar-refractivity contribution in [2.75, 3.05) is 19.6 Å². The van der Waals surface area contributed by atoms with E-state index >= 15 is 0 Å². The Labute approximate surface area is 113 Å². The average molecular weight is 252 g/mol. The third-order valence-electron chi connectivity index (χ3n) is 6.22. The second-order valence-electron chi connectivity index (χ2n) is 7.11. The van der Waals surface area contributed by atoms with Gasteiger partial charge in [-0.1, -0.05) is 40.0 Å². The summed E-state index contributed by atoms with van der Waals surface area (Å²) >= 11 is 0. The quantitative estimate of drug-likeness (QED) is 0.834. The third-order valence-corrected chi connectivity index (χ3v) is 6.22. The van der Waals surface area contributed by atoms with Gasteiger partial charge in [-0.05, 0) is 50.1 Å². The van der Waals surface area contributed by atoms with Gasteiger partial charge in [-0.3, -0.25) is 4.90 Å². The molecule has 2 heteroatoms. The number of piperidine rings is 1. The topological polar surface area (TPSA) is 29.3 Å². The fourth-order valence-corrected chi connectivity index (χ4v) is 4.14. The minimum Gasteiger partial charge on any atom is -0.329 e. The molecule has 0 aromatic rings. The molecule has 2 N–H and O–H groups in total. The summed E-state index contributed by atoms with van der Waals surface area (Å²) in [6.07, 6.45) is 9.53. The molecule has 0 bridgehead atoms. The summed E-state index contributed by atoms with van der Waals surface area (Å²) in [6.45, 7) is 10.6. The molecule has 2 nitrogen and oxygen atoms in total. The lowest BCUT2D eigenvalue weighted by molar-refractivity contribution is -0.0267. The van der Waals surface area contributed by atoms with Crippen LogP contribution in [0.5, 0.6) is 0 Å². The molecule has 2 fully saturated rings. The van der Waals surface area contributed by atoms with Crippen LogP contribution in [0.2, 0.25) is 0 Å². The first kappa shape index (κ1) is 14.3. The Balaban J connectivity index is 2.06. The van der Waals surface area contributed by atoms with Crippen LogP contribution in [0, 0.1) is 11.3 Å². The minimum atomic E-state index is 0.327. The van der Waals surface area contributed by atoms with Gasteiger partial charge in [-0.2, -0.15) is 0 Å². The average Bonchev–Trinajstić information content (AvgIpc) is 2.41. The normalized spacial score (nSPS) is 37.7. The molecule has 2 atom stereocenters. The van der Waals surface area contributed by atoms with Crippen molar-refractivity contribution >= 4 is 0 Å². The molecule has 1 aliphatic heterocycles. The van der Waals surface area contributed by atoms with Crippen molar-refractivity contribution in [1.82, 2.24) is 4.90 Å². The van der Waals surface area contributed by atoms with Gasteiger partial charge < -0.3 is 5.73 Å². The van der Waals surface area contributed by atoms with E-state index in [0.29, 0.717) is 11.0 Å². The van der Waals surface area contributed by atoms with Crippen molar-refractivity contribution in [3.63, 3.8) is 0 Å². The minimum absolute atomic E-state index is 0.327. The van der Waals surface area contributed by atoms with Crippen LogP contribution in [0.4, 0.5) is 0 Å². The maximum absolute atomic E-state index is 6.22. The Bertz CT molecular complexity index is 268. The third kappa shape index (κ3) is 2.46. The van der Waals surface area contributed by atoms with Crippen LogP contribution in [-0.2, 0) is 0 Å². The predicted molar refractivity (Wildman–Crippen MR) is 78.6 cm³/mol. The van der Waals surface area contributed by atoms with Crippen molar-refractivity contribution in [1.29, 1.82) is 0 Å². The smallest absolute Gasteiger partial charge is 0.0357 e. The van der Waals surface area contributed by atoms with Crippen molar-refractivity contribution in [3.05, 3.63) is 0 Å². The van der Waals surface area contributed by atoms with E-state index in [-0.39, 0.29) is 0 Å². The zero-order chi connectivity index (χ0) is 13.2. The zero-order valence-corrected chi connectivity index (χ0v) is 12.7. The second kappa shape index (κ2) is 5.50. The van der Waals surface area contributed by atoms with Gasteiger partial charge in [0.05, 0.1) is 0 Å².